The van der Waals surface area contributed by atoms with Gasteiger partial charge in [-0.25, -0.2) is 8.42 Å². The molecule has 0 heterocycles. The van der Waals surface area contributed by atoms with E-state index in [1.807, 2.05) is 24.3 Å². The summed E-state index contributed by atoms with van der Waals surface area (Å²) in [5.41, 5.74) is 8.19. The fraction of sp³-hybridized carbons (Fsp3) is 0.294. The minimum absolute atomic E-state index is 0.520. The van der Waals surface area contributed by atoms with Crippen LogP contribution in [0.5, 0.6) is 5.75 Å². The number of benzene rings is 2. The first-order chi connectivity index (χ1) is 11.4. The second-order valence-electron chi connectivity index (χ2n) is 5.49. The van der Waals surface area contributed by atoms with Crippen molar-refractivity contribution in [1.29, 1.82) is 0 Å². The molecule has 4 N–H and O–H groups in total. The molecule has 0 aliphatic carbocycles. The topological polar surface area (TPSA) is 93.5 Å². The Kier molecular flexibility index (Phi) is 6.45. The van der Waals surface area contributed by atoms with E-state index in [2.05, 4.69) is 10.0 Å². The quantitative estimate of drug-likeness (QED) is 0.474. The Morgan fingerprint density at radius 2 is 1.67 bits per heavy atom. The summed E-state index contributed by atoms with van der Waals surface area (Å²) in [6, 6.07) is 14.7. The van der Waals surface area contributed by atoms with Crippen molar-refractivity contribution in [3.05, 3.63) is 54.1 Å². The van der Waals surface area contributed by atoms with Crippen molar-refractivity contribution in [2.75, 3.05) is 36.4 Å². The van der Waals surface area contributed by atoms with Crippen LogP contribution in [0.4, 0.5) is 11.4 Å². The Hall–Kier alpha value is -2.25. The van der Waals surface area contributed by atoms with Gasteiger partial charge in [-0.05, 0) is 54.9 Å². The summed E-state index contributed by atoms with van der Waals surface area (Å²) in [4.78, 5) is 0. The van der Waals surface area contributed by atoms with E-state index >= 15 is 0 Å². The van der Waals surface area contributed by atoms with E-state index in [9.17, 15) is 8.42 Å². The van der Waals surface area contributed by atoms with Gasteiger partial charge in [0.25, 0.3) is 0 Å². The van der Waals surface area contributed by atoms with E-state index in [1.165, 1.54) is 5.56 Å². The van der Waals surface area contributed by atoms with Crippen molar-refractivity contribution in [3.8, 4) is 5.75 Å². The number of rotatable bonds is 9. The first-order valence-corrected chi connectivity index (χ1v) is 9.57. The van der Waals surface area contributed by atoms with Crippen LogP contribution < -0.4 is 20.5 Å². The van der Waals surface area contributed by atoms with Crippen LogP contribution in [0.1, 0.15) is 5.56 Å². The lowest BCUT2D eigenvalue weighted by atomic mass is 10.1. The smallest absolute Gasteiger partial charge is 0.229 e. The van der Waals surface area contributed by atoms with E-state index < -0.39 is 10.0 Å². The molecule has 0 amide bonds. The van der Waals surface area contributed by atoms with E-state index in [0.717, 1.165) is 31.5 Å². The first kappa shape index (κ1) is 18.1. The minimum Gasteiger partial charge on any atom is -0.492 e. The lowest BCUT2D eigenvalue weighted by molar-refractivity contribution is 0.314. The van der Waals surface area contributed by atoms with Gasteiger partial charge in [0.15, 0.2) is 0 Å². The zero-order chi connectivity index (χ0) is 17.4. The molecule has 0 aromatic heterocycles. The number of hydrogen-bond acceptors (Lipinski definition) is 5. The molecule has 0 spiro atoms. The largest absolute Gasteiger partial charge is 0.492 e. The van der Waals surface area contributed by atoms with Gasteiger partial charge < -0.3 is 15.8 Å². The van der Waals surface area contributed by atoms with Gasteiger partial charge in [0.2, 0.25) is 10.0 Å². The molecule has 0 bridgehead atoms. The molecule has 130 valence electrons. The number of sulfonamides is 1. The maximum absolute atomic E-state index is 11.1. The van der Waals surface area contributed by atoms with Crippen LogP contribution in [0, 0.1) is 0 Å². The summed E-state index contributed by atoms with van der Waals surface area (Å²) < 4.78 is 30.3. The standard InChI is InChI=1S/C17H23N3O3S/c1-24(21,22)20-16-6-8-17(9-7-16)23-13-12-19-11-10-14-2-4-15(18)5-3-14/h2-9,19-20H,10-13,18H2,1H3. The third-order valence-electron chi connectivity index (χ3n) is 3.28. The predicted molar refractivity (Wildman–Crippen MR) is 97.8 cm³/mol. The van der Waals surface area contributed by atoms with E-state index in [-0.39, 0.29) is 0 Å². The SMILES string of the molecule is CS(=O)(=O)Nc1ccc(OCCNCCc2ccc(N)cc2)cc1. The molecule has 0 fully saturated rings. The highest BCUT2D eigenvalue weighted by Crippen LogP contribution is 2.16. The zero-order valence-electron chi connectivity index (χ0n) is 13.7. The van der Waals surface area contributed by atoms with Crippen LogP contribution in [0.25, 0.3) is 0 Å². The molecule has 2 aromatic carbocycles. The third-order valence-corrected chi connectivity index (χ3v) is 3.88. The summed E-state index contributed by atoms with van der Waals surface area (Å²) in [6.45, 7) is 2.14. The van der Waals surface area contributed by atoms with Crippen molar-refractivity contribution < 1.29 is 13.2 Å². The Morgan fingerprint density at radius 3 is 2.29 bits per heavy atom. The third kappa shape index (κ3) is 6.89. The van der Waals surface area contributed by atoms with Gasteiger partial charge in [0.05, 0.1) is 6.26 Å². The number of nitrogens with one attached hydrogen (secondary N) is 2. The van der Waals surface area contributed by atoms with Crippen molar-refractivity contribution in [2.45, 2.75) is 6.42 Å². The fourth-order valence-corrected chi connectivity index (χ4v) is 2.68. The Bertz CT molecular complexity index is 729. The van der Waals surface area contributed by atoms with E-state index in [4.69, 9.17) is 10.5 Å². The van der Waals surface area contributed by atoms with Crippen LogP contribution in [-0.2, 0) is 16.4 Å². The molecule has 6 nitrogen and oxygen atoms in total. The predicted octanol–water partition coefficient (Wildman–Crippen LogP) is 1.85. The number of hydrogen-bond donors (Lipinski definition) is 3. The Labute approximate surface area is 143 Å². The summed E-state index contributed by atoms with van der Waals surface area (Å²) in [6.07, 6.45) is 2.06. The molecule has 0 saturated carbocycles. The van der Waals surface area contributed by atoms with Crippen molar-refractivity contribution >= 4 is 21.4 Å². The van der Waals surface area contributed by atoms with Gasteiger partial charge >= 0.3 is 0 Å². The summed E-state index contributed by atoms with van der Waals surface area (Å²) in [5.74, 6) is 0.703. The number of nitrogen functional groups attached to an aromatic ring is 1. The van der Waals surface area contributed by atoms with Gasteiger partial charge in [-0.15, -0.1) is 0 Å². The second kappa shape index (κ2) is 8.56. The molecule has 2 rings (SSSR count). The van der Waals surface area contributed by atoms with E-state index in [0.29, 0.717) is 18.0 Å². The monoisotopic (exact) mass is 349 g/mol. The molecule has 0 radical (unpaired) electrons. The number of nitrogens with two attached hydrogens (primary N) is 1. The normalized spacial score (nSPS) is 11.2. The highest BCUT2D eigenvalue weighted by atomic mass is 32.2. The summed E-state index contributed by atoms with van der Waals surface area (Å²) >= 11 is 0. The molecule has 7 heteroatoms. The molecule has 0 atom stereocenters. The van der Waals surface area contributed by atoms with Gasteiger partial charge in [-0.2, -0.15) is 0 Å². The van der Waals surface area contributed by atoms with Crippen LogP contribution in [0.3, 0.4) is 0 Å². The van der Waals surface area contributed by atoms with E-state index in [1.54, 1.807) is 24.3 Å². The first-order valence-electron chi connectivity index (χ1n) is 7.68. The summed E-state index contributed by atoms with van der Waals surface area (Å²) in [5, 5.41) is 3.31. The fourth-order valence-electron chi connectivity index (χ4n) is 2.12. The highest BCUT2D eigenvalue weighted by Gasteiger charge is 2.01. The molecule has 0 unspecified atom stereocenters. The van der Waals surface area contributed by atoms with Crippen molar-refractivity contribution in [2.24, 2.45) is 0 Å². The maximum Gasteiger partial charge on any atom is 0.229 e. The molecule has 0 aliphatic rings. The van der Waals surface area contributed by atoms with Crippen molar-refractivity contribution in [3.63, 3.8) is 0 Å². The lowest BCUT2D eigenvalue weighted by Crippen LogP contribution is -2.23. The van der Waals surface area contributed by atoms with Crippen LogP contribution in [-0.4, -0.2) is 34.4 Å². The maximum atomic E-state index is 11.1. The van der Waals surface area contributed by atoms with Crippen LogP contribution >= 0.6 is 0 Å². The molecular formula is C17H23N3O3S. The number of anilines is 2. The second-order valence-corrected chi connectivity index (χ2v) is 7.24. The number of ether oxygens (including phenoxy) is 1. The molecule has 0 aliphatic heterocycles. The summed E-state index contributed by atoms with van der Waals surface area (Å²) in [7, 11) is -3.25. The Morgan fingerprint density at radius 1 is 1.00 bits per heavy atom. The zero-order valence-corrected chi connectivity index (χ0v) is 14.5. The Balaban J connectivity index is 1.62. The van der Waals surface area contributed by atoms with Gasteiger partial charge in [-0.3, -0.25) is 4.72 Å². The molecule has 0 saturated heterocycles. The lowest BCUT2D eigenvalue weighted by Gasteiger charge is -2.09. The van der Waals surface area contributed by atoms with Crippen LogP contribution in [0.2, 0.25) is 0 Å². The van der Waals surface area contributed by atoms with Gasteiger partial charge in [-0.1, -0.05) is 12.1 Å². The molecule has 2 aromatic rings. The average molecular weight is 349 g/mol. The van der Waals surface area contributed by atoms with Crippen LogP contribution in [0.15, 0.2) is 48.5 Å². The highest BCUT2D eigenvalue weighted by molar-refractivity contribution is 7.92. The molecule has 24 heavy (non-hydrogen) atoms. The van der Waals surface area contributed by atoms with Gasteiger partial charge in [0, 0.05) is 17.9 Å². The van der Waals surface area contributed by atoms with Crippen molar-refractivity contribution in [1.82, 2.24) is 5.32 Å². The van der Waals surface area contributed by atoms with Gasteiger partial charge in [0.1, 0.15) is 12.4 Å². The molecular weight excluding hydrogens is 326 g/mol. The average Bonchev–Trinajstić information content (AvgIpc) is 2.52. The minimum atomic E-state index is -3.25.